The fourth-order valence-corrected chi connectivity index (χ4v) is 4.03. The fraction of sp³-hybridized carbons (Fsp3) is 0.368. The average molecular weight is 330 g/mol. The van der Waals surface area contributed by atoms with Crippen LogP contribution < -0.4 is 10.1 Å². The van der Waals surface area contributed by atoms with Crippen LogP contribution >= 0.6 is 11.6 Å². The molecule has 1 N–H and O–H groups in total. The van der Waals surface area contributed by atoms with Crippen molar-refractivity contribution in [2.45, 2.75) is 25.5 Å². The second-order valence-corrected chi connectivity index (χ2v) is 6.78. The Bertz CT molecular complexity index is 746. The smallest absolute Gasteiger partial charge is 0.124 e. The monoisotopic (exact) mass is 329 g/mol. The van der Waals surface area contributed by atoms with Gasteiger partial charge in [0, 0.05) is 34.4 Å². The van der Waals surface area contributed by atoms with E-state index in [2.05, 4.69) is 30.4 Å². The Morgan fingerprint density at radius 1 is 1.17 bits per heavy atom. The van der Waals surface area contributed by atoms with Gasteiger partial charge in [-0.05, 0) is 37.6 Å². The fourth-order valence-electron chi connectivity index (χ4n) is 3.85. The van der Waals surface area contributed by atoms with Gasteiger partial charge in [-0.2, -0.15) is 0 Å². The lowest BCUT2D eigenvalue weighted by Crippen LogP contribution is -2.29. The number of hydrogen-bond acceptors (Lipinski definition) is 3. The summed E-state index contributed by atoms with van der Waals surface area (Å²) in [5.41, 5.74) is 4.78. The van der Waals surface area contributed by atoms with Gasteiger partial charge in [-0.25, -0.2) is 0 Å². The summed E-state index contributed by atoms with van der Waals surface area (Å²) in [4.78, 5) is 0. The normalized spacial score (nSPS) is 25.4. The van der Waals surface area contributed by atoms with Gasteiger partial charge in [0.25, 0.3) is 0 Å². The van der Waals surface area contributed by atoms with Crippen LogP contribution in [0.4, 0.5) is 5.69 Å². The summed E-state index contributed by atoms with van der Waals surface area (Å²) in [6, 6.07) is 12.5. The van der Waals surface area contributed by atoms with Crippen LogP contribution in [0.1, 0.15) is 35.3 Å². The molecule has 1 fully saturated rings. The molecule has 0 bridgehead atoms. The van der Waals surface area contributed by atoms with E-state index in [1.54, 1.807) is 7.11 Å². The first-order chi connectivity index (χ1) is 11.2. The third kappa shape index (κ3) is 2.48. The molecule has 2 aromatic rings. The summed E-state index contributed by atoms with van der Waals surface area (Å²) in [5, 5.41) is 4.42. The van der Waals surface area contributed by atoms with E-state index in [9.17, 15) is 0 Å². The van der Waals surface area contributed by atoms with Crippen molar-refractivity contribution in [1.29, 1.82) is 0 Å². The molecule has 2 heterocycles. The number of anilines is 1. The summed E-state index contributed by atoms with van der Waals surface area (Å²) >= 11 is 6.24. The van der Waals surface area contributed by atoms with Gasteiger partial charge in [0.05, 0.1) is 19.3 Å². The van der Waals surface area contributed by atoms with E-state index in [1.807, 2.05) is 18.2 Å². The predicted molar refractivity (Wildman–Crippen MR) is 92.3 cm³/mol. The van der Waals surface area contributed by atoms with Crippen molar-refractivity contribution in [2.75, 3.05) is 19.0 Å². The van der Waals surface area contributed by atoms with Gasteiger partial charge < -0.3 is 14.8 Å². The maximum absolute atomic E-state index is 6.24. The molecule has 120 valence electrons. The largest absolute Gasteiger partial charge is 0.496 e. The number of halogens is 1. The van der Waals surface area contributed by atoms with Crippen LogP contribution in [0.25, 0.3) is 0 Å². The Balaban J connectivity index is 1.82. The molecule has 1 saturated heterocycles. The Labute approximate surface area is 141 Å². The highest BCUT2D eigenvalue weighted by Crippen LogP contribution is 2.51. The molecule has 0 spiro atoms. The average Bonchev–Trinajstić information content (AvgIpc) is 3.04. The van der Waals surface area contributed by atoms with Crippen molar-refractivity contribution >= 4 is 17.3 Å². The molecular formula is C19H20ClNO2. The topological polar surface area (TPSA) is 30.5 Å². The molecular weight excluding hydrogens is 310 g/mol. The number of ether oxygens (including phenoxy) is 2. The molecule has 2 aliphatic heterocycles. The second-order valence-electron chi connectivity index (χ2n) is 6.34. The minimum Gasteiger partial charge on any atom is -0.496 e. The maximum atomic E-state index is 6.24. The lowest BCUT2D eigenvalue weighted by molar-refractivity contribution is 0.0826. The molecule has 3 nitrogen and oxygen atoms in total. The van der Waals surface area contributed by atoms with Crippen molar-refractivity contribution in [2.24, 2.45) is 5.92 Å². The Morgan fingerprint density at radius 3 is 2.87 bits per heavy atom. The van der Waals surface area contributed by atoms with Gasteiger partial charge in [0.15, 0.2) is 0 Å². The standard InChI is InChI=1S/C19H20ClNO2/c1-11-3-5-16-14(9-11)19-13(7-8-23-19)18(21-16)15-10-12(20)4-6-17(15)22-2/h3-6,9-10,13,18-19,21H,7-8H2,1-2H3/t13-,18+,19-/m0/s1. The van der Waals surface area contributed by atoms with Crippen LogP contribution in [0, 0.1) is 12.8 Å². The van der Waals surface area contributed by atoms with Crippen molar-refractivity contribution in [1.82, 2.24) is 0 Å². The van der Waals surface area contributed by atoms with E-state index in [0.717, 1.165) is 35.1 Å². The van der Waals surface area contributed by atoms with E-state index in [-0.39, 0.29) is 12.1 Å². The highest BCUT2D eigenvalue weighted by molar-refractivity contribution is 6.30. The third-order valence-corrected chi connectivity index (χ3v) is 5.15. The Kier molecular flexibility index (Phi) is 3.70. The van der Waals surface area contributed by atoms with Gasteiger partial charge in [0.2, 0.25) is 0 Å². The van der Waals surface area contributed by atoms with Crippen molar-refractivity contribution in [3.63, 3.8) is 0 Å². The quantitative estimate of drug-likeness (QED) is 0.850. The van der Waals surface area contributed by atoms with Crippen LogP contribution in [0.5, 0.6) is 5.75 Å². The zero-order valence-corrected chi connectivity index (χ0v) is 14.1. The number of hydrogen-bond donors (Lipinski definition) is 1. The zero-order valence-electron chi connectivity index (χ0n) is 13.3. The SMILES string of the molecule is COc1ccc(Cl)cc1[C@@H]1Nc2ccc(C)cc2[C@H]2OCC[C@H]21. The first-order valence-corrected chi connectivity index (χ1v) is 8.37. The summed E-state index contributed by atoms with van der Waals surface area (Å²) in [6.07, 6.45) is 1.17. The zero-order chi connectivity index (χ0) is 16.0. The van der Waals surface area contributed by atoms with Crippen molar-refractivity contribution in [3.05, 3.63) is 58.1 Å². The Morgan fingerprint density at radius 2 is 2.04 bits per heavy atom. The highest BCUT2D eigenvalue weighted by Gasteiger charge is 2.42. The number of rotatable bonds is 2. The second kappa shape index (κ2) is 5.73. The molecule has 2 aromatic carbocycles. The molecule has 0 radical (unpaired) electrons. The minimum atomic E-state index is 0.139. The molecule has 2 aliphatic rings. The van der Waals surface area contributed by atoms with Crippen LogP contribution in [0.2, 0.25) is 5.02 Å². The van der Waals surface area contributed by atoms with E-state index in [0.29, 0.717) is 5.92 Å². The number of benzene rings is 2. The number of fused-ring (bicyclic) bond motifs is 3. The summed E-state index contributed by atoms with van der Waals surface area (Å²) in [6.45, 7) is 2.92. The van der Waals surface area contributed by atoms with Gasteiger partial charge in [0.1, 0.15) is 5.75 Å². The number of nitrogens with one attached hydrogen (secondary N) is 1. The molecule has 0 unspecified atom stereocenters. The lowest BCUT2D eigenvalue weighted by Gasteiger charge is -2.37. The summed E-state index contributed by atoms with van der Waals surface area (Å²) < 4.78 is 11.6. The van der Waals surface area contributed by atoms with Crippen molar-refractivity contribution < 1.29 is 9.47 Å². The molecule has 23 heavy (non-hydrogen) atoms. The summed E-state index contributed by atoms with van der Waals surface area (Å²) in [7, 11) is 1.70. The van der Waals surface area contributed by atoms with Gasteiger partial charge in [-0.1, -0.05) is 29.3 Å². The Hall–Kier alpha value is -1.71. The van der Waals surface area contributed by atoms with Crippen LogP contribution in [0.3, 0.4) is 0 Å². The molecule has 0 amide bonds. The lowest BCUT2D eigenvalue weighted by atomic mass is 9.80. The molecule has 0 saturated carbocycles. The van der Waals surface area contributed by atoms with E-state index >= 15 is 0 Å². The predicted octanol–water partition coefficient (Wildman–Crippen LogP) is 4.90. The number of methoxy groups -OCH3 is 1. The van der Waals surface area contributed by atoms with E-state index < -0.39 is 0 Å². The van der Waals surface area contributed by atoms with Gasteiger partial charge in [-0.3, -0.25) is 0 Å². The minimum absolute atomic E-state index is 0.139. The molecule has 3 atom stereocenters. The molecule has 0 aliphatic carbocycles. The van der Waals surface area contributed by atoms with E-state index in [1.165, 1.54) is 11.1 Å². The third-order valence-electron chi connectivity index (χ3n) is 4.92. The molecule has 4 heteroatoms. The van der Waals surface area contributed by atoms with Crippen LogP contribution in [-0.2, 0) is 4.74 Å². The van der Waals surface area contributed by atoms with Gasteiger partial charge >= 0.3 is 0 Å². The van der Waals surface area contributed by atoms with Gasteiger partial charge in [-0.15, -0.1) is 0 Å². The highest BCUT2D eigenvalue weighted by atomic mass is 35.5. The van der Waals surface area contributed by atoms with Crippen molar-refractivity contribution in [3.8, 4) is 5.75 Å². The molecule has 0 aromatic heterocycles. The van der Waals surface area contributed by atoms with E-state index in [4.69, 9.17) is 21.1 Å². The summed E-state index contributed by atoms with van der Waals surface area (Å²) in [5.74, 6) is 1.25. The first kappa shape index (κ1) is 14.9. The maximum Gasteiger partial charge on any atom is 0.124 e. The molecule has 4 rings (SSSR count). The van der Waals surface area contributed by atoms with Crippen LogP contribution in [-0.4, -0.2) is 13.7 Å². The first-order valence-electron chi connectivity index (χ1n) is 7.99. The number of aryl methyl sites for hydroxylation is 1. The van der Waals surface area contributed by atoms with Crippen LogP contribution in [0.15, 0.2) is 36.4 Å².